The fraction of sp³-hybridized carbons (Fsp3) is 0.667. The zero-order valence-electron chi connectivity index (χ0n) is 10.6. The molecule has 3 heterocycles. The molecule has 19 heavy (non-hydrogen) atoms. The molecule has 1 aliphatic heterocycles. The van der Waals surface area contributed by atoms with Gasteiger partial charge in [0.1, 0.15) is 5.69 Å². The van der Waals surface area contributed by atoms with Crippen LogP contribution in [0.15, 0.2) is 17.0 Å². The Labute approximate surface area is 110 Å². The molecule has 1 saturated heterocycles. The summed E-state index contributed by atoms with van der Waals surface area (Å²) in [5.74, 6) is 0.674. The van der Waals surface area contributed by atoms with Crippen LogP contribution in [-0.4, -0.2) is 43.3 Å². The SMILES string of the molecule is c1nonc1CN1CCC(n2cc(C3CC3)nn2)C1. The quantitative estimate of drug-likeness (QED) is 0.816. The molecule has 4 rings (SSSR count). The molecule has 0 spiro atoms. The summed E-state index contributed by atoms with van der Waals surface area (Å²) in [6, 6.07) is 0.430. The maximum absolute atomic E-state index is 4.62. The van der Waals surface area contributed by atoms with Gasteiger partial charge in [-0.2, -0.15) is 0 Å². The van der Waals surface area contributed by atoms with Crippen LogP contribution in [0.1, 0.15) is 42.6 Å². The molecular formula is C12H16N6O. The zero-order chi connectivity index (χ0) is 12.7. The summed E-state index contributed by atoms with van der Waals surface area (Å²) in [6.45, 7) is 2.83. The first-order chi connectivity index (χ1) is 9.38. The van der Waals surface area contributed by atoms with Gasteiger partial charge in [0.25, 0.3) is 0 Å². The van der Waals surface area contributed by atoms with Gasteiger partial charge in [-0.3, -0.25) is 4.90 Å². The lowest BCUT2D eigenvalue weighted by molar-refractivity contribution is 0.277. The normalized spacial score (nSPS) is 24.1. The summed E-state index contributed by atoms with van der Waals surface area (Å²) in [4.78, 5) is 2.35. The minimum absolute atomic E-state index is 0.430. The number of likely N-dealkylation sites (tertiary alicyclic amines) is 1. The van der Waals surface area contributed by atoms with E-state index in [1.54, 1.807) is 6.20 Å². The van der Waals surface area contributed by atoms with Gasteiger partial charge in [0.15, 0.2) is 0 Å². The number of nitrogens with zero attached hydrogens (tertiary/aromatic N) is 6. The van der Waals surface area contributed by atoms with Crippen molar-refractivity contribution < 1.29 is 4.63 Å². The van der Waals surface area contributed by atoms with Crippen molar-refractivity contribution in [3.8, 4) is 0 Å². The third-order valence-electron chi connectivity index (χ3n) is 3.94. The summed E-state index contributed by atoms with van der Waals surface area (Å²) in [6.07, 6.45) is 7.46. The molecule has 0 bridgehead atoms. The minimum atomic E-state index is 0.430. The maximum Gasteiger partial charge on any atom is 0.119 e. The van der Waals surface area contributed by atoms with Crippen molar-refractivity contribution in [1.29, 1.82) is 0 Å². The van der Waals surface area contributed by atoms with Gasteiger partial charge in [0.2, 0.25) is 0 Å². The highest BCUT2D eigenvalue weighted by atomic mass is 16.6. The van der Waals surface area contributed by atoms with Crippen molar-refractivity contribution in [2.75, 3.05) is 13.1 Å². The van der Waals surface area contributed by atoms with Crippen LogP contribution in [0.25, 0.3) is 0 Å². The van der Waals surface area contributed by atoms with Crippen LogP contribution in [-0.2, 0) is 6.54 Å². The van der Waals surface area contributed by atoms with Crippen LogP contribution in [0.4, 0.5) is 0 Å². The topological polar surface area (TPSA) is 72.9 Å². The Morgan fingerprint density at radius 2 is 2.26 bits per heavy atom. The second-order valence-electron chi connectivity index (χ2n) is 5.47. The number of hydrogen-bond donors (Lipinski definition) is 0. The Balaban J connectivity index is 1.40. The van der Waals surface area contributed by atoms with Gasteiger partial charge < -0.3 is 0 Å². The molecule has 1 unspecified atom stereocenters. The van der Waals surface area contributed by atoms with Crippen LogP contribution >= 0.6 is 0 Å². The molecule has 2 aromatic rings. The van der Waals surface area contributed by atoms with Gasteiger partial charge in [-0.25, -0.2) is 9.31 Å². The average Bonchev–Trinajstić information content (AvgIpc) is 2.90. The van der Waals surface area contributed by atoms with E-state index >= 15 is 0 Å². The average molecular weight is 260 g/mol. The van der Waals surface area contributed by atoms with Crippen LogP contribution in [0.5, 0.6) is 0 Å². The smallest absolute Gasteiger partial charge is 0.119 e. The van der Waals surface area contributed by atoms with E-state index in [0.717, 1.165) is 31.7 Å². The summed E-state index contributed by atoms with van der Waals surface area (Å²) in [5.41, 5.74) is 2.05. The van der Waals surface area contributed by atoms with E-state index in [4.69, 9.17) is 0 Å². The molecule has 1 saturated carbocycles. The van der Waals surface area contributed by atoms with Crippen LogP contribution in [0.2, 0.25) is 0 Å². The monoisotopic (exact) mass is 260 g/mol. The van der Waals surface area contributed by atoms with Crippen molar-refractivity contribution in [2.45, 2.75) is 37.8 Å². The molecule has 7 nitrogen and oxygen atoms in total. The predicted molar refractivity (Wildman–Crippen MR) is 65.2 cm³/mol. The Morgan fingerprint density at radius 1 is 1.32 bits per heavy atom. The highest BCUT2D eigenvalue weighted by Crippen LogP contribution is 2.39. The number of rotatable bonds is 4. The second kappa shape index (κ2) is 4.41. The lowest BCUT2D eigenvalue weighted by Crippen LogP contribution is -2.21. The van der Waals surface area contributed by atoms with E-state index < -0.39 is 0 Å². The molecule has 2 aromatic heterocycles. The van der Waals surface area contributed by atoms with Crippen LogP contribution in [0, 0.1) is 0 Å². The van der Waals surface area contributed by atoms with E-state index in [1.165, 1.54) is 18.5 Å². The maximum atomic E-state index is 4.62. The van der Waals surface area contributed by atoms with E-state index in [9.17, 15) is 0 Å². The third-order valence-corrected chi connectivity index (χ3v) is 3.94. The number of aromatic nitrogens is 5. The minimum Gasteiger partial charge on any atom is -0.295 e. The van der Waals surface area contributed by atoms with Gasteiger partial charge >= 0.3 is 0 Å². The Kier molecular flexibility index (Phi) is 2.58. The first-order valence-corrected chi connectivity index (χ1v) is 6.79. The highest BCUT2D eigenvalue weighted by molar-refractivity contribution is 5.09. The zero-order valence-corrected chi connectivity index (χ0v) is 10.6. The molecule has 2 aliphatic rings. The fourth-order valence-electron chi connectivity index (χ4n) is 2.69. The van der Waals surface area contributed by atoms with Crippen molar-refractivity contribution >= 4 is 0 Å². The molecule has 7 heteroatoms. The van der Waals surface area contributed by atoms with Gasteiger partial charge in [-0.15, -0.1) is 5.10 Å². The molecule has 100 valence electrons. The second-order valence-corrected chi connectivity index (χ2v) is 5.47. The Bertz CT molecular complexity index is 546. The van der Waals surface area contributed by atoms with Crippen molar-refractivity contribution in [3.05, 3.63) is 23.8 Å². The standard InChI is InChI=1S/C12H16N6O/c1-2-9(1)12-8-18(16-14-12)11-3-4-17(7-11)6-10-5-13-19-15-10/h5,8-9,11H,1-4,6-7H2. The summed E-state index contributed by atoms with van der Waals surface area (Å²) >= 11 is 0. The van der Waals surface area contributed by atoms with Gasteiger partial charge in [0, 0.05) is 31.7 Å². The molecule has 0 amide bonds. The summed E-state index contributed by atoms with van der Waals surface area (Å²) in [5, 5.41) is 16.0. The molecule has 0 aromatic carbocycles. The Morgan fingerprint density at radius 3 is 3.05 bits per heavy atom. The van der Waals surface area contributed by atoms with E-state index in [1.807, 2.05) is 4.68 Å². The summed E-state index contributed by atoms with van der Waals surface area (Å²) in [7, 11) is 0. The lowest BCUT2D eigenvalue weighted by atomic mass is 10.2. The van der Waals surface area contributed by atoms with Crippen LogP contribution in [0.3, 0.4) is 0 Å². The fourth-order valence-corrected chi connectivity index (χ4v) is 2.69. The van der Waals surface area contributed by atoms with Crippen molar-refractivity contribution in [3.63, 3.8) is 0 Å². The lowest BCUT2D eigenvalue weighted by Gasteiger charge is -2.13. The predicted octanol–water partition coefficient (Wildman–Crippen LogP) is 0.986. The van der Waals surface area contributed by atoms with E-state index in [0.29, 0.717) is 12.0 Å². The van der Waals surface area contributed by atoms with E-state index in [2.05, 4.69) is 36.4 Å². The van der Waals surface area contributed by atoms with Crippen molar-refractivity contribution in [1.82, 2.24) is 30.2 Å². The van der Waals surface area contributed by atoms with Gasteiger partial charge in [0.05, 0.1) is 17.9 Å². The summed E-state index contributed by atoms with van der Waals surface area (Å²) < 4.78 is 6.66. The molecule has 0 N–H and O–H groups in total. The third kappa shape index (κ3) is 2.25. The van der Waals surface area contributed by atoms with Crippen LogP contribution < -0.4 is 0 Å². The number of hydrogen-bond acceptors (Lipinski definition) is 6. The first kappa shape index (κ1) is 11.1. The highest BCUT2D eigenvalue weighted by Gasteiger charge is 2.29. The molecule has 2 fully saturated rings. The Hall–Kier alpha value is -1.76. The molecule has 1 aliphatic carbocycles. The molecule has 0 radical (unpaired) electrons. The molecule has 1 atom stereocenters. The molecular weight excluding hydrogens is 244 g/mol. The first-order valence-electron chi connectivity index (χ1n) is 6.79. The largest absolute Gasteiger partial charge is 0.295 e. The van der Waals surface area contributed by atoms with Gasteiger partial charge in [-0.1, -0.05) is 15.5 Å². The van der Waals surface area contributed by atoms with Crippen molar-refractivity contribution in [2.24, 2.45) is 0 Å². The van der Waals surface area contributed by atoms with E-state index in [-0.39, 0.29) is 0 Å². The van der Waals surface area contributed by atoms with Gasteiger partial charge in [-0.05, 0) is 19.3 Å².